The van der Waals surface area contributed by atoms with Gasteiger partial charge in [-0.05, 0) is 18.6 Å². The highest BCUT2D eigenvalue weighted by Gasteiger charge is 2.33. The first kappa shape index (κ1) is 13.7. The molecule has 1 saturated heterocycles. The lowest BCUT2D eigenvalue weighted by Gasteiger charge is -2.18. The molecule has 0 radical (unpaired) electrons. The van der Waals surface area contributed by atoms with Gasteiger partial charge in [-0.25, -0.2) is 0 Å². The van der Waals surface area contributed by atoms with Crippen LogP contribution >= 0.6 is 11.6 Å². The molecular weight excluding hydrogens is 270 g/mol. The third-order valence-electron chi connectivity index (χ3n) is 3.23. The number of benzene rings is 1. The lowest BCUT2D eigenvalue weighted by molar-refractivity contribution is -0.141. The Morgan fingerprint density at radius 2 is 2.21 bits per heavy atom. The van der Waals surface area contributed by atoms with E-state index in [1.807, 2.05) is 0 Å². The molecule has 1 atom stereocenters. The number of likely N-dealkylation sites (tertiary alicyclic amines) is 1. The predicted octanol–water partition coefficient (Wildman–Crippen LogP) is 1.90. The molecule has 0 spiro atoms. The highest BCUT2D eigenvalue weighted by atomic mass is 35.5. The van der Waals surface area contributed by atoms with Crippen molar-refractivity contribution in [3.05, 3.63) is 28.8 Å². The number of amides is 1. The van der Waals surface area contributed by atoms with Gasteiger partial charge in [0.05, 0.1) is 18.1 Å². The Morgan fingerprint density at radius 1 is 1.47 bits per heavy atom. The summed E-state index contributed by atoms with van der Waals surface area (Å²) in [6.45, 7) is 0.632. The van der Waals surface area contributed by atoms with Crippen molar-refractivity contribution < 1.29 is 19.4 Å². The molecular formula is C13H14ClNO4. The third kappa shape index (κ3) is 2.66. The Balaban J connectivity index is 2.24. The first-order chi connectivity index (χ1) is 9.04. The van der Waals surface area contributed by atoms with Crippen molar-refractivity contribution in [1.82, 2.24) is 4.90 Å². The summed E-state index contributed by atoms with van der Waals surface area (Å²) in [6.07, 6.45) is 0.466. The molecule has 0 unspecified atom stereocenters. The summed E-state index contributed by atoms with van der Waals surface area (Å²) in [5.74, 6) is -1.26. The standard InChI is InChI=1S/C13H14ClNO4/c1-19-10-4-2-3-9(14)11(10)12(16)15-6-5-8(7-15)13(17)18/h2-4,8H,5-7H2,1H3,(H,17,18)/t8-/m0/s1. The van der Waals surface area contributed by atoms with Crippen molar-refractivity contribution in [2.75, 3.05) is 20.2 Å². The molecule has 0 aromatic heterocycles. The fourth-order valence-corrected chi connectivity index (χ4v) is 2.43. The van der Waals surface area contributed by atoms with Crippen LogP contribution in [0.25, 0.3) is 0 Å². The summed E-state index contributed by atoms with van der Waals surface area (Å²) < 4.78 is 5.13. The normalized spacial score (nSPS) is 18.4. The lowest BCUT2D eigenvalue weighted by atomic mass is 10.1. The number of methoxy groups -OCH3 is 1. The molecule has 2 rings (SSSR count). The van der Waals surface area contributed by atoms with Crippen LogP contribution in [-0.2, 0) is 4.79 Å². The van der Waals surface area contributed by atoms with Crippen LogP contribution < -0.4 is 4.74 Å². The third-order valence-corrected chi connectivity index (χ3v) is 3.55. The van der Waals surface area contributed by atoms with E-state index in [2.05, 4.69) is 0 Å². The molecule has 1 N–H and O–H groups in total. The maximum absolute atomic E-state index is 12.4. The van der Waals surface area contributed by atoms with Gasteiger partial charge in [0.15, 0.2) is 0 Å². The van der Waals surface area contributed by atoms with Gasteiger partial charge in [-0.3, -0.25) is 9.59 Å². The molecule has 1 aromatic rings. The van der Waals surface area contributed by atoms with Gasteiger partial charge in [0, 0.05) is 13.1 Å². The van der Waals surface area contributed by atoms with Crippen LogP contribution in [0.15, 0.2) is 18.2 Å². The van der Waals surface area contributed by atoms with E-state index < -0.39 is 11.9 Å². The average molecular weight is 284 g/mol. The molecule has 0 saturated carbocycles. The van der Waals surface area contributed by atoms with Crippen molar-refractivity contribution in [3.63, 3.8) is 0 Å². The minimum atomic E-state index is -0.874. The number of aliphatic carboxylic acids is 1. The second kappa shape index (κ2) is 5.48. The molecule has 19 heavy (non-hydrogen) atoms. The second-order valence-corrected chi connectivity index (χ2v) is 4.80. The van der Waals surface area contributed by atoms with Gasteiger partial charge in [0.2, 0.25) is 0 Å². The molecule has 0 bridgehead atoms. The first-order valence-corrected chi connectivity index (χ1v) is 6.27. The highest BCUT2D eigenvalue weighted by molar-refractivity contribution is 6.34. The minimum absolute atomic E-state index is 0.211. The Labute approximate surface area is 115 Å². The Hall–Kier alpha value is -1.75. The second-order valence-electron chi connectivity index (χ2n) is 4.39. The molecule has 1 aromatic carbocycles. The van der Waals surface area contributed by atoms with Gasteiger partial charge in [-0.15, -0.1) is 0 Å². The number of carboxylic acids is 1. The number of hydrogen-bond donors (Lipinski definition) is 1. The molecule has 1 aliphatic rings. The maximum atomic E-state index is 12.4. The summed E-state index contributed by atoms with van der Waals surface area (Å²) >= 11 is 6.04. The summed E-state index contributed by atoms with van der Waals surface area (Å²) in [5, 5.41) is 9.26. The van der Waals surface area contributed by atoms with Crippen molar-refractivity contribution in [2.24, 2.45) is 5.92 Å². The predicted molar refractivity (Wildman–Crippen MR) is 69.7 cm³/mol. The zero-order valence-corrected chi connectivity index (χ0v) is 11.2. The molecule has 1 heterocycles. The molecule has 1 aliphatic heterocycles. The summed E-state index contributed by atoms with van der Waals surface area (Å²) in [7, 11) is 1.46. The molecule has 6 heteroatoms. The van der Waals surface area contributed by atoms with Gasteiger partial charge < -0.3 is 14.7 Å². The number of carbonyl (C=O) groups is 2. The lowest BCUT2D eigenvalue weighted by Crippen LogP contribution is -2.30. The fraction of sp³-hybridized carbons (Fsp3) is 0.385. The Morgan fingerprint density at radius 3 is 2.79 bits per heavy atom. The van der Waals surface area contributed by atoms with Crippen LogP contribution in [0.5, 0.6) is 5.75 Å². The minimum Gasteiger partial charge on any atom is -0.496 e. The largest absolute Gasteiger partial charge is 0.496 e. The van der Waals surface area contributed by atoms with E-state index in [9.17, 15) is 9.59 Å². The van der Waals surface area contributed by atoms with Crippen LogP contribution in [0.2, 0.25) is 5.02 Å². The van der Waals surface area contributed by atoms with E-state index in [-0.39, 0.29) is 18.0 Å². The fourth-order valence-electron chi connectivity index (χ4n) is 2.19. The average Bonchev–Trinajstić information content (AvgIpc) is 2.87. The summed E-state index contributed by atoms with van der Waals surface area (Å²) in [6, 6.07) is 4.97. The molecule has 5 nitrogen and oxygen atoms in total. The van der Waals surface area contributed by atoms with Crippen molar-refractivity contribution in [2.45, 2.75) is 6.42 Å². The molecule has 1 amide bonds. The Bertz CT molecular complexity index is 517. The first-order valence-electron chi connectivity index (χ1n) is 5.89. The number of halogens is 1. The van der Waals surface area contributed by atoms with Crippen LogP contribution in [0.4, 0.5) is 0 Å². The number of hydrogen-bond acceptors (Lipinski definition) is 3. The van der Waals surface area contributed by atoms with Crippen LogP contribution in [0.3, 0.4) is 0 Å². The van der Waals surface area contributed by atoms with E-state index in [0.717, 1.165) is 0 Å². The number of rotatable bonds is 3. The smallest absolute Gasteiger partial charge is 0.308 e. The van der Waals surface area contributed by atoms with Gasteiger partial charge in [-0.1, -0.05) is 17.7 Å². The zero-order valence-electron chi connectivity index (χ0n) is 10.4. The highest BCUT2D eigenvalue weighted by Crippen LogP contribution is 2.29. The maximum Gasteiger partial charge on any atom is 0.308 e. The van der Waals surface area contributed by atoms with Gasteiger partial charge in [0.1, 0.15) is 11.3 Å². The van der Waals surface area contributed by atoms with E-state index in [1.165, 1.54) is 12.0 Å². The summed E-state index contributed by atoms with van der Waals surface area (Å²) in [4.78, 5) is 24.8. The molecule has 1 fully saturated rings. The molecule has 102 valence electrons. The van der Waals surface area contributed by atoms with Crippen molar-refractivity contribution in [3.8, 4) is 5.75 Å². The van der Waals surface area contributed by atoms with E-state index >= 15 is 0 Å². The van der Waals surface area contributed by atoms with Crippen LogP contribution in [0, 0.1) is 5.92 Å². The van der Waals surface area contributed by atoms with E-state index in [1.54, 1.807) is 18.2 Å². The number of nitrogens with zero attached hydrogens (tertiary/aromatic N) is 1. The SMILES string of the molecule is COc1cccc(Cl)c1C(=O)N1CC[C@H](C(=O)O)C1. The van der Waals surface area contributed by atoms with Crippen LogP contribution in [0.1, 0.15) is 16.8 Å². The number of ether oxygens (including phenoxy) is 1. The van der Waals surface area contributed by atoms with Crippen molar-refractivity contribution >= 4 is 23.5 Å². The quantitative estimate of drug-likeness (QED) is 0.920. The van der Waals surface area contributed by atoms with Gasteiger partial charge >= 0.3 is 5.97 Å². The van der Waals surface area contributed by atoms with E-state index in [0.29, 0.717) is 23.7 Å². The summed E-state index contributed by atoms with van der Waals surface area (Å²) in [5.41, 5.74) is 0.290. The number of carbonyl (C=O) groups excluding carboxylic acids is 1. The van der Waals surface area contributed by atoms with Crippen molar-refractivity contribution in [1.29, 1.82) is 0 Å². The molecule has 0 aliphatic carbocycles. The zero-order chi connectivity index (χ0) is 14.0. The van der Waals surface area contributed by atoms with Gasteiger partial charge in [0.25, 0.3) is 5.91 Å². The monoisotopic (exact) mass is 283 g/mol. The Kier molecular flexibility index (Phi) is 3.95. The van der Waals surface area contributed by atoms with E-state index in [4.69, 9.17) is 21.4 Å². The topological polar surface area (TPSA) is 66.8 Å². The van der Waals surface area contributed by atoms with Crippen LogP contribution in [-0.4, -0.2) is 42.1 Å². The van der Waals surface area contributed by atoms with Gasteiger partial charge in [-0.2, -0.15) is 0 Å². The number of carboxylic acid groups (broad SMARTS) is 1.